The maximum atomic E-state index is 14.4. The normalized spacial score (nSPS) is 24.2. The Morgan fingerprint density at radius 1 is 0.907 bits per heavy atom. The van der Waals surface area contributed by atoms with Crippen LogP contribution in [-0.4, -0.2) is 30.7 Å². The molecule has 5 aliphatic rings. The van der Waals surface area contributed by atoms with Crippen LogP contribution in [0.3, 0.4) is 0 Å². The summed E-state index contributed by atoms with van der Waals surface area (Å²) in [6.45, 7) is 0.157. The molecule has 4 aromatic rings. The smallest absolute Gasteiger partial charge is 0.244 e. The largest absolute Gasteiger partial charge is 0.454 e. The van der Waals surface area contributed by atoms with Crippen molar-refractivity contribution in [3.8, 4) is 11.5 Å². The zero-order valence-electron chi connectivity index (χ0n) is 22.7. The van der Waals surface area contributed by atoms with Crippen molar-refractivity contribution in [1.29, 1.82) is 0 Å². The summed E-state index contributed by atoms with van der Waals surface area (Å²) in [6.07, 6.45) is 1.75. The molecule has 0 saturated carbocycles. The van der Waals surface area contributed by atoms with Crippen LogP contribution >= 0.6 is 15.9 Å². The summed E-state index contributed by atoms with van der Waals surface area (Å²) in [5, 5.41) is 4.49. The molecular formula is C34H24BrN3O5. The Balaban J connectivity index is 1.21. The average molecular weight is 634 g/mol. The van der Waals surface area contributed by atoms with E-state index < -0.39 is 17.3 Å². The minimum absolute atomic E-state index is 0.0804. The Hall–Kier alpha value is -4.76. The zero-order valence-corrected chi connectivity index (χ0v) is 24.3. The molecule has 2 heterocycles. The number of nitrogens with one attached hydrogen (secondary N) is 1. The van der Waals surface area contributed by atoms with E-state index in [1.54, 1.807) is 30.5 Å². The fourth-order valence-electron chi connectivity index (χ4n) is 7.38. The number of carbonyl (C=O) groups excluding carboxylic acids is 3. The third-order valence-electron chi connectivity index (χ3n) is 9.03. The number of hydrazone groups is 1. The summed E-state index contributed by atoms with van der Waals surface area (Å²) in [7, 11) is 0. The van der Waals surface area contributed by atoms with Gasteiger partial charge in [-0.15, -0.1) is 0 Å². The summed E-state index contributed by atoms with van der Waals surface area (Å²) in [5.74, 6) is -1.19. The second-order valence-corrected chi connectivity index (χ2v) is 12.1. The lowest BCUT2D eigenvalue weighted by Gasteiger charge is -2.52. The van der Waals surface area contributed by atoms with Gasteiger partial charge in [0.2, 0.25) is 24.5 Å². The van der Waals surface area contributed by atoms with Gasteiger partial charge in [0.15, 0.2) is 11.5 Å². The number of nitrogens with zero attached hydrogens (tertiary/aromatic N) is 2. The van der Waals surface area contributed by atoms with Crippen LogP contribution in [-0.2, 0) is 26.2 Å². The highest BCUT2D eigenvalue weighted by molar-refractivity contribution is 9.10. The van der Waals surface area contributed by atoms with Crippen molar-refractivity contribution >= 4 is 45.6 Å². The third-order valence-corrected chi connectivity index (χ3v) is 9.56. The number of carbonyl (C=O) groups is 3. The Morgan fingerprint density at radius 3 is 2.30 bits per heavy atom. The van der Waals surface area contributed by atoms with E-state index in [1.165, 1.54) is 4.90 Å². The first-order valence-electron chi connectivity index (χ1n) is 14.0. The van der Waals surface area contributed by atoms with Crippen molar-refractivity contribution in [2.24, 2.45) is 16.9 Å². The number of ether oxygens (including phenoxy) is 2. The van der Waals surface area contributed by atoms with Crippen LogP contribution in [0.15, 0.2) is 101 Å². The molecule has 0 unspecified atom stereocenters. The maximum absolute atomic E-state index is 14.4. The molecule has 9 heteroatoms. The third kappa shape index (κ3) is 3.74. The number of hydrogen-bond acceptors (Lipinski definition) is 6. The molecule has 3 amide bonds. The monoisotopic (exact) mass is 633 g/mol. The molecule has 43 heavy (non-hydrogen) atoms. The minimum atomic E-state index is -1.06. The van der Waals surface area contributed by atoms with Gasteiger partial charge in [0.1, 0.15) is 0 Å². The summed E-state index contributed by atoms with van der Waals surface area (Å²) in [4.78, 5) is 43.0. The molecule has 0 aromatic heterocycles. The second kappa shape index (κ2) is 9.64. The standard InChI is InChI=1S/C34H24BrN3O5/c35-20-10-12-21(13-11-20)38-32(40)30-29-22-5-1-3-7-24(22)34(31(30)33(38)41,25-8-4-2-6-23(25)29)17-36-37-28(39)16-19-9-14-26-27(15-19)43-18-42-26/h1-15,17,29-31H,16,18H2,(H,37,39)/b36-17-/t29?,30-,31+,34?/m0/s1. The van der Waals surface area contributed by atoms with Gasteiger partial charge in [-0.1, -0.05) is 70.5 Å². The number of amides is 3. The van der Waals surface area contributed by atoms with E-state index in [1.807, 2.05) is 66.7 Å². The molecule has 2 atom stereocenters. The highest BCUT2D eigenvalue weighted by Crippen LogP contribution is 2.63. The second-order valence-electron chi connectivity index (χ2n) is 11.2. The van der Waals surface area contributed by atoms with Crippen LogP contribution in [0.1, 0.15) is 33.7 Å². The number of imide groups is 1. The molecule has 8 nitrogen and oxygen atoms in total. The predicted octanol–water partition coefficient (Wildman–Crippen LogP) is 5.07. The lowest BCUT2D eigenvalue weighted by Crippen LogP contribution is -2.54. The van der Waals surface area contributed by atoms with E-state index in [-0.39, 0.29) is 36.9 Å². The molecule has 1 saturated heterocycles. The summed E-state index contributed by atoms with van der Waals surface area (Å²) < 4.78 is 11.7. The molecule has 3 aliphatic carbocycles. The van der Waals surface area contributed by atoms with Crippen molar-refractivity contribution < 1.29 is 23.9 Å². The van der Waals surface area contributed by atoms with Gasteiger partial charge in [0, 0.05) is 16.6 Å². The Morgan fingerprint density at radius 2 is 1.58 bits per heavy atom. The quantitative estimate of drug-likeness (QED) is 0.188. The molecule has 0 spiro atoms. The SMILES string of the molecule is O=C(Cc1ccc2c(c1)OCO2)N/N=C\C12c3ccccc3C(c3ccccc31)[C@@H]1C(=O)N(c3ccc(Br)cc3)C(=O)[C@@H]12. The minimum Gasteiger partial charge on any atom is -0.454 e. The van der Waals surface area contributed by atoms with Crippen molar-refractivity contribution in [2.45, 2.75) is 17.8 Å². The number of rotatable bonds is 5. The van der Waals surface area contributed by atoms with E-state index >= 15 is 0 Å². The van der Waals surface area contributed by atoms with Gasteiger partial charge < -0.3 is 9.47 Å². The Labute approximate surface area is 255 Å². The number of halogens is 1. The van der Waals surface area contributed by atoms with Crippen LogP contribution in [0.5, 0.6) is 11.5 Å². The van der Waals surface area contributed by atoms with E-state index in [0.717, 1.165) is 32.3 Å². The van der Waals surface area contributed by atoms with E-state index in [2.05, 4.69) is 26.5 Å². The first-order chi connectivity index (χ1) is 21.0. The van der Waals surface area contributed by atoms with Gasteiger partial charge >= 0.3 is 0 Å². The number of fused-ring (bicyclic) bond motifs is 1. The van der Waals surface area contributed by atoms with E-state index in [9.17, 15) is 14.4 Å². The van der Waals surface area contributed by atoms with Gasteiger partial charge in [-0.3, -0.25) is 14.4 Å². The van der Waals surface area contributed by atoms with Crippen LogP contribution < -0.4 is 19.8 Å². The summed E-state index contributed by atoms with van der Waals surface area (Å²) in [5.41, 5.74) is 6.76. The average Bonchev–Trinajstić information content (AvgIpc) is 3.60. The number of benzene rings is 4. The van der Waals surface area contributed by atoms with Crippen LogP contribution in [0.2, 0.25) is 0 Å². The highest BCUT2D eigenvalue weighted by atomic mass is 79.9. The molecule has 2 aliphatic heterocycles. The lowest BCUT2D eigenvalue weighted by molar-refractivity contribution is -0.123. The molecule has 9 rings (SSSR count). The molecule has 0 radical (unpaired) electrons. The summed E-state index contributed by atoms with van der Waals surface area (Å²) in [6, 6.07) is 28.5. The molecule has 212 valence electrons. The van der Waals surface area contributed by atoms with Crippen LogP contribution in [0.4, 0.5) is 5.69 Å². The fourth-order valence-corrected chi connectivity index (χ4v) is 7.64. The van der Waals surface area contributed by atoms with Crippen molar-refractivity contribution in [1.82, 2.24) is 5.43 Å². The van der Waals surface area contributed by atoms with Crippen LogP contribution in [0.25, 0.3) is 0 Å². The van der Waals surface area contributed by atoms with Gasteiger partial charge in [-0.2, -0.15) is 5.10 Å². The Kier molecular flexibility index (Phi) is 5.81. The molecule has 1 fully saturated rings. The summed E-state index contributed by atoms with van der Waals surface area (Å²) >= 11 is 3.44. The van der Waals surface area contributed by atoms with Crippen molar-refractivity contribution in [3.05, 3.63) is 123 Å². The number of hydrogen-bond donors (Lipinski definition) is 1. The highest BCUT2D eigenvalue weighted by Gasteiger charge is 2.68. The zero-order chi connectivity index (χ0) is 29.3. The van der Waals surface area contributed by atoms with Crippen LogP contribution in [0, 0.1) is 11.8 Å². The van der Waals surface area contributed by atoms with Crippen molar-refractivity contribution in [3.63, 3.8) is 0 Å². The number of anilines is 1. The molecule has 4 aromatic carbocycles. The Bertz CT molecular complexity index is 1820. The van der Waals surface area contributed by atoms with E-state index in [0.29, 0.717) is 17.2 Å². The van der Waals surface area contributed by atoms with Gasteiger partial charge in [-0.05, 0) is 64.2 Å². The predicted molar refractivity (Wildman–Crippen MR) is 162 cm³/mol. The maximum Gasteiger partial charge on any atom is 0.244 e. The molecule has 2 bridgehead atoms. The van der Waals surface area contributed by atoms with E-state index in [4.69, 9.17) is 9.47 Å². The lowest BCUT2D eigenvalue weighted by atomic mass is 9.47. The first-order valence-corrected chi connectivity index (χ1v) is 14.8. The van der Waals surface area contributed by atoms with Gasteiger partial charge in [0.05, 0.1) is 29.4 Å². The van der Waals surface area contributed by atoms with Crippen molar-refractivity contribution in [2.75, 3.05) is 11.7 Å². The first kappa shape index (κ1) is 25.9. The van der Waals surface area contributed by atoms with Gasteiger partial charge in [-0.25, -0.2) is 10.3 Å². The molecule has 1 N–H and O–H groups in total. The topological polar surface area (TPSA) is 97.3 Å². The molecular weight excluding hydrogens is 610 g/mol. The fraction of sp³-hybridized carbons (Fsp3) is 0.176. The van der Waals surface area contributed by atoms with Gasteiger partial charge in [0.25, 0.3) is 0 Å².